The summed E-state index contributed by atoms with van der Waals surface area (Å²) in [5.41, 5.74) is 7.87. The molecule has 1 aliphatic carbocycles. The third-order valence-corrected chi connectivity index (χ3v) is 3.31. The highest BCUT2D eigenvalue weighted by Crippen LogP contribution is 2.41. The Kier molecular flexibility index (Phi) is 2.58. The number of benzene rings is 1. The van der Waals surface area contributed by atoms with Gasteiger partial charge in [0.15, 0.2) is 0 Å². The Bertz CT molecular complexity index is 391. The van der Waals surface area contributed by atoms with Crippen molar-refractivity contribution in [3.63, 3.8) is 0 Å². The SMILES string of the molecule is N#Cc1ccc(C(N)C2CC2)c(Br)c1. The smallest absolute Gasteiger partial charge is 0.0992 e. The number of halogens is 1. The first-order valence-corrected chi connectivity index (χ1v) is 5.47. The summed E-state index contributed by atoms with van der Waals surface area (Å²) >= 11 is 3.45. The van der Waals surface area contributed by atoms with Crippen LogP contribution in [-0.2, 0) is 0 Å². The minimum absolute atomic E-state index is 0.122. The van der Waals surface area contributed by atoms with Gasteiger partial charge >= 0.3 is 0 Å². The Morgan fingerprint density at radius 2 is 2.21 bits per heavy atom. The Balaban J connectivity index is 2.30. The lowest BCUT2D eigenvalue weighted by Crippen LogP contribution is -2.12. The van der Waals surface area contributed by atoms with Gasteiger partial charge in [-0.2, -0.15) is 5.26 Å². The Morgan fingerprint density at radius 3 is 2.71 bits per heavy atom. The molecular weight excluding hydrogens is 240 g/mol. The Labute approximate surface area is 91.9 Å². The van der Waals surface area contributed by atoms with Crippen LogP contribution in [0.1, 0.15) is 30.0 Å². The van der Waals surface area contributed by atoms with Crippen LogP contribution in [0.2, 0.25) is 0 Å². The van der Waals surface area contributed by atoms with Gasteiger partial charge in [0, 0.05) is 10.5 Å². The first-order chi connectivity index (χ1) is 6.72. The fraction of sp³-hybridized carbons (Fsp3) is 0.364. The fourth-order valence-electron chi connectivity index (χ4n) is 1.58. The van der Waals surface area contributed by atoms with Gasteiger partial charge in [0.05, 0.1) is 11.6 Å². The van der Waals surface area contributed by atoms with Crippen molar-refractivity contribution in [1.82, 2.24) is 0 Å². The van der Waals surface area contributed by atoms with Crippen molar-refractivity contribution in [2.75, 3.05) is 0 Å². The molecule has 0 amide bonds. The quantitative estimate of drug-likeness (QED) is 0.878. The molecule has 0 radical (unpaired) electrons. The Hall–Kier alpha value is -0.850. The molecule has 0 spiro atoms. The predicted octanol–water partition coefficient (Wildman–Crippen LogP) is 2.73. The highest BCUT2D eigenvalue weighted by Gasteiger charge is 2.30. The van der Waals surface area contributed by atoms with E-state index in [1.54, 1.807) is 0 Å². The second-order valence-corrected chi connectivity index (χ2v) is 4.57. The zero-order valence-corrected chi connectivity index (χ0v) is 9.29. The molecule has 0 aliphatic heterocycles. The van der Waals surface area contributed by atoms with Gasteiger partial charge in [-0.25, -0.2) is 0 Å². The molecule has 3 heteroatoms. The van der Waals surface area contributed by atoms with Crippen molar-refractivity contribution < 1.29 is 0 Å². The standard InChI is InChI=1S/C11H11BrN2/c12-10-5-7(6-13)1-4-9(10)11(14)8-2-3-8/h1,4-5,8,11H,2-3,14H2. The van der Waals surface area contributed by atoms with Gasteiger partial charge in [-0.15, -0.1) is 0 Å². The molecule has 1 saturated carbocycles. The molecule has 1 aromatic carbocycles. The second kappa shape index (κ2) is 3.72. The molecule has 2 N–H and O–H groups in total. The van der Waals surface area contributed by atoms with E-state index < -0.39 is 0 Å². The van der Waals surface area contributed by atoms with E-state index in [-0.39, 0.29) is 6.04 Å². The molecule has 1 aromatic rings. The fourth-order valence-corrected chi connectivity index (χ4v) is 2.22. The van der Waals surface area contributed by atoms with Crippen LogP contribution >= 0.6 is 15.9 Å². The molecule has 2 nitrogen and oxygen atoms in total. The second-order valence-electron chi connectivity index (χ2n) is 3.71. The summed E-state index contributed by atoms with van der Waals surface area (Å²) in [7, 11) is 0. The van der Waals surface area contributed by atoms with Crippen molar-refractivity contribution in [2.24, 2.45) is 11.7 Å². The Morgan fingerprint density at radius 1 is 1.50 bits per heavy atom. The van der Waals surface area contributed by atoms with Gasteiger partial charge in [-0.1, -0.05) is 22.0 Å². The van der Waals surface area contributed by atoms with Gasteiger partial charge in [-0.3, -0.25) is 0 Å². The maximum absolute atomic E-state index is 8.71. The minimum atomic E-state index is 0.122. The number of hydrogen-bond donors (Lipinski definition) is 1. The molecule has 0 heterocycles. The van der Waals surface area contributed by atoms with Gasteiger partial charge in [0.2, 0.25) is 0 Å². The van der Waals surface area contributed by atoms with E-state index in [9.17, 15) is 0 Å². The topological polar surface area (TPSA) is 49.8 Å². The molecule has 2 rings (SSSR count). The van der Waals surface area contributed by atoms with Crippen LogP contribution in [0.3, 0.4) is 0 Å². The molecule has 1 atom stereocenters. The summed E-state index contributed by atoms with van der Waals surface area (Å²) in [6.45, 7) is 0. The molecule has 0 bridgehead atoms. The molecule has 1 fully saturated rings. The third kappa shape index (κ3) is 1.82. The van der Waals surface area contributed by atoms with E-state index in [0.29, 0.717) is 11.5 Å². The molecule has 0 aromatic heterocycles. The van der Waals surface area contributed by atoms with Gasteiger partial charge in [0.1, 0.15) is 0 Å². The van der Waals surface area contributed by atoms with Crippen LogP contribution in [0.4, 0.5) is 0 Å². The van der Waals surface area contributed by atoms with Crippen LogP contribution in [0.25, 0.3) is 0 Å². The lowest BCUT2D eigenvalue weighted by atomic mass is 10.0. The number of nitriles is 1. The highest BCUT2D eigenvalue weighted by atomic mass is 79.9. The normalized spacial score (nSPS) is 17.5. The van der Waals surface area contributed by atoms with Crippen LogP contribution < -0.4 is 5.73 Å². The summed E-state index contributed by atoms with van der Waals surface area (Å²) < 4.78 is 0.955. The zero-order chi connectivity index (χ0) is 10.1. The first-order valence-electron chi connectivity index (χ1n) is 4.67. The van der Waals surface area contributed by atoms with Crippen molar-refractivity contribution in [3.05, 3.63) is 33.8 Å². The molecule has 14 heavy (non-hydrogen) atoms. The molecule has 1 aliphatic rings. The van der Waals surface area contributed by atoms with E-state index in [4.69, 9.17) is 11.0 Å². The van der Waals surface area contributed by atoms with Crippen LogP contribution in [0, 0.1) is 17.2 Å². The van der Waals surface area contributed by atoms with Gasteiger partial charge < -0.3 is 5.73 Å². The van der Waals surface area contributed by atoms with Crippen LogP contribution in [0.5, 0.6) is 0 Å². The van der Waals surface area contributed by atoms with Crippen molar-refractivity contribution in [3.8, 4) is 6.07 Å². The molecule has 0 saturated heterocycles. The summed E-state index contributed by atoms with van der Waals surface area (Å²) in [4.78, 5) is 0. The largest absolute Gasteiger partial charge is 0.324 e. The van der Waals surface area contributed by atoms with E-state index in [0.717, 1.165) is 10.0 Å². The molecule has 1 unspecified atom stereocenters. The predicted molar refractivity (Wildman–Crippen MR) is 58.5 cm³/mol. The van der Waals surface area contributed by atoms with E-state index in [1.807, 2.05) is 18.2 Å². The summed E-state index contributed by atoms with van der Waals surface area (Å²) in [5, 5.41) is 8.71. The van der Waals surface area contributed by atoms with Crippen LogP contribution in [0.15, 0.2) is 22.7 Å². The number of nitrogens with two attached hydrogens (primary N) is 1. The van der Waals surface area contributed by atoms with Gasteiger partial charge in [0.25, 0.3) is 0 Å². The third-order valence-electron chi connectivity index (χ3n) is 2.62. The average molecular weight is 251 g/mol. The van der Waals surface area contributed by atoms with Crippen molar-refractivity contribution in [2.45, 2.75) is 18.9 Å². The van der Waals surface area contributed by atoms with Crippen molar-refractivity contribution >= 4 is 15.9 Å². The summed E-state index contributed by atoms with van der Waals surface area (Å²) in [6, 6.07) is 7.83. The summed E-state index contributed by atoms with van der Waals surface area (Å²) in [6.07, 6.45) is 2.46. The highest BCUT2D eigenvalue weighted by molar-refractivity contribution is 9.10. The summed E-state index contributed by atoms with van der Waals surface area (Å²) in [5.74, 6) is 0.638. The lowest BCUT2D eigenvalue weighted by Gasteiger charge is -2.12. The number of hydrogen-bond acceptors (Lipinski definition) is 2. The van der Waals surface area contributed by atoms with Crippen LogP contribution in [-0.4, -0.2) is 0 Å². The first kappa shape index (κ1) is 9.70. The maximum atomic E-state index is 8.71. The molecule has 72 valence electrons. The van der Waals surface area contributed by atoms with Crippen molar-refractivity contribution in [1.29, 1.82) is 5.26 Å². The van der Waals surface area contributed by atoms with E-state index in [2.05, 4.69) is 22.0 Å². The monoisotopic (exact) mass is 250 g/mol. The molecular formula is C11H11BrN2. The minimum Gasteiger partial charge on any atom is -0.324 e. The lowest BCUT2D eigenvalue weighted by molar-refractivity contribution is 0.631. The maximum Gasteiger partial charge on any atom is 0.0992 e. The van der Waals surface area contributed by atoms with E-state index in [1.165, 1.54) is 12.8 Å². The zero-order valence-electron chi connectivity index (χ0n) is 7.70. The number of rotatable bonds is 2. The van der Waals surface area contributed by atoms with Gasteiger partial charge in [-0.05, 0) is 36.5 Å². The van der Waals surface area contributed by atoms with E-state index >= 15 is 0 Å². The number of nitrogens with zero attached hydrogens (tertiary/aromatic N) is 1. The average Bonchev–Trinajstić information content (AvgIpc) is 3.00.